The summed E-state index contributed by atoms with van der Waals surface area (Å²) >= 11 is 5.50. The molecule has 3 N–H and O–H groups in total. The summed E-state index contributed by atoms with van der Waals surface area (Å²) in [4.78, 5) is 22.6. The summed E-state index contributed by atoms with van der Waals surface area (Å²) in [5, 5.41) is 14.4. The van der Waals surface area contributed by atoms with Gasteiger partial charge in [-0.25, -0.2) is 4.79 Å². The lowest BCUT2D eigenvalue weighted by atomic mass is 9.99. The molecule has 0 heterocycles. The second-order valence-electron chi connectivity index (χ2n) is 3.88. The highest BCUT2D eigenvalue weighted by Gasteiger charge is 2.20. The molecule has 0 saturated carbocycles. The van der Waals surface area contributed by atoms with Crippen LogP contribution in [0.15, 0.2) is 41.9 Å². The van der Waals surface area contributed by atoms with E-state index in [-0.39, 0.29) is 13.1 Å². The Kier molecular flexibility index (Phi) is 5.89. The standard InChI is InChI=1S/C13H15ClN2O3/c1-9(14)7-15-13(19)16-8-11(12(17)18)10-5-3-2-4-6-10/h2-6,11H,1,7-8H2,(H,17,18)(H2,15,16,19). The molecule has 0 saturated heterocycles. The van der Waals surface area contributed by atoms with Gasteiger partial charge in [0.05, 0.1) is 12.5 Å². The number of amides is 2. The summed E-state index contributed by atoms with van der Waals surface area (Å²) in [6.07, 6.45) is 0. The average Bonchev–Trinajstić information content (AvgIpc) is 2.37. The number of halogens is 1. The highest BCUT2D eigenvalue weighted by molar-refractivity contribution is 6.29. The molecule has 0 aromatic heterocycles. The van der Waals surface area contributed by atoms with Gasteiger partial charge in [0.2, 0.25) is 0 Å². The van der Waals surface area contributed by atoms with Crippen molar-refractivity contribution < 1.29 is 14.7 Å². The first-order chi connectivity index (χ1) is 9.00. The van der Waals surface area contributed by atoms with Crippen LogP contribution in [0, 0.1) is 0 Å². The van der Waals surface area contributed by atoms with Crippen LogP contribution in [0.4, 0.5) is 4.79 Å². The van der Waals surface area contributed by atoms with E-state index in [2.05, 4.69) is 17.2 Å². The summed E-state index contributed by atoms with van der Waals surface area (Å²) in [6, 6.07) is 8.24. The third-order valence-corrected chi connectivity index (χ3v) is 2.54. The molecule has 102 valence electrons. The third-order valence-electron chi connectivity index (χ3n) is 2.41. The van der Waals surface area contributed by atoms with Crippen molar-refractivity contribution in [2.45, 2.75) is 5.92 Å². The lowest BCUT2D eigenvalue weighted by molar-refractivity contribution is -0.138. The van der Waals surface area contributed by atoms with Crippen molar-refractivity contribution in [1.82, 2.24) is 10.6 Å². The second-order valence-corrected chi connectivity index (χ2v) is 4.42. The Labute approximate surface area is 116 Å². The van der Waals surface area contributed by atoms with Crippen LogP contribution in [0.25, 0.3) is 0 Å². The van der Waals surface area contributed by atoms with Gasteiger partial charge in [-0.15, -0.1) is 0 Å². The largest absolute Gasteiger partial charge is 0.481 e. The topological polar surface area (TPSA) is 78.4 Å². The fourth-order valence-corrected chi connectivity index (χ4v) is 1.53. The van der Waals surface area contributed by atoms with Crippen LogP contribution in [0.5, 0.6) is 0 Å². The van der Waals surface area contributed by atoms with Gasteiger partial charge in [-0.1, -0.05) is 48.5 Å². The SMILES string of the molecule is C=C(Cl)CNC(=O)NCC(C(=O)O)c1ccccc1. The third kappa shape index (κ3) is 5.44. The number of benzene rings is 1. The van der Waals surface area contributed by atoms with E-state index in [0.717, 1.165) is 0 Å². The number of carboxylic acids is 1. The van der Waals surface area contributed by atoms with Gasteiger partial charge >= 0.3 is 12.0 Å². The number of carbonyl (C=O) groups is 2. The molecule has 2 amide bonds. The number of aliphatic carboxylic acids is 1. The summed E-state index contributed by atoms with van der Waals surface area (Å²) in [6.45, 7) is 3.56. The highest BCUT2D eigenvalue weighted by atomic mass is 35.5. The molecule has 6 heteroatoms. The zero-order chi connectivity index (χ0) is 14.3. The van der Waals surface area contributed by atoms with E-state index in [1.165, 1.54) is 0 Å². The molecule has 0 bridgehead atoms. The van der Waals surface area contributed by atoms with Gasteiger partial charge in [-0.3, -0.25) is 4.79 Å². The van der Waals surface area contributed by atoms with Crippen molar-refractivity contribution in [3.05, 3.63) is 47.5 Å². The monoisotopic (exact) mass is 282 g/mol. The Morgan fingerprint density at radius 1 is 1.26 bits per heavy atom. The number of urea groups is 1. The molecule has 0 fully saturated rings. The zero-order valence-electron chi connectivity index (χ0n) is 10.2. The molecular formula is C13H15ClN2O3. The molecule has 19 heavy (non-hydrogen) atoms. The summed E-state index contributed by atoms with van der Waals surface area (Å²) in [7, 11) is 0. The Morgan fingerprint density at radius 3 is 2.42 bits per heavy atom. The van der Waals surface area contributed by atoms with Crippen LogP contribution in [-0.2, 0) is 4.79 Å². The van der Waals surface area contributed by atoms with Crippen LogP contribution in [0.2, 0.25) is 0 Å². The van der Waals surface area contributed by atoms with Gasteiger partial charge in [0.1, 0.15) is 0 Å². The molecular weight excluding hydrogens is 268 g/mol. The summed E-state index contributed by atoms with van der Waals surface area (Å²) in [5.74, 6) is -1.78. The van der Waals surface area contributed by atoms with Crippen molar-refractivity contribution in [2.24, 2.45) is 0 Å². The van der Waals surface area contributed by atoms with Gasteiger partial charge in [0.15, 0.2) is 0 Å². The van der Waals surface area contributed by atoms with E-state index in [1.807, 2.05) is 0 Å². The minimum atomic E-state index is -0.992. The molecule has 1 aromatic rings. The maximum absolute atomic E-state index is 11.4. The van der Waals surface area contributed by atoms with Gasteiger partial charge in [0, 0.05) is 11.6 Å². The minimum Gasteiger partial charge on any atom is -0.481 e. The van der Waals surface area contributed by atoms with Crippen LogP contribution in [-0.4, -0.2) is 30.2 Å². The average molecular weight is 283 g/mol. The predicted octanol–water partition coefficient (Wildman–Crippen LogP) is 1.91. The summed E-state index contributed by atoms with van der Waals surface area (Å²) in [5.41, 5.74) is 0.636. The van der Waals surface area contributed by atoms with Gasteiger partial charge in [-0.2, -0.15) is 0 Å². The Balaban J connectivity index is 2.54. The van der Waals surface area contributed by atoms with E-state index in [9.17, 15) is 9.59 Å². The lowest BCUT2D eigenvalue weighted by Crippen LogP contribution is -2.39. The fourth-order valence-electron chi connectivity index (χ4n) is 1.47. The quantitative estimate of drug-likeness (QED) is 0.746. The predicted molar refractivity (Wildman–Crippen MR) is 73.2 cm³/mol. The van der Waals surface area contributed by atoms with Gasteiger partial charge in [-0.05, 0) is 5.56 Å². The van der Waals surface area contributed by atoms with Crippen LogP contribution in [0.1, 0.15) is 11.5 Å². The van der Waals surface area contributed by atoms with Crippen LogP contribution < -0.4 is 10.6 Å². The molecule has 1 atom stereocenters. The molecule has 0 spiro atoms. The Bertz CT molecular complexity index is 462. The van der Waals surface area contributed by atoms with Crippen molar-refractivity contribution in [3.63, 3.8) is 0 Å². The molecule has 1 unspecified atom stereocenters. The van der Waals surface area contributed by atoms with E-state index < -0.39 is 17.9 Å². The number of nitrogens with one attached hydrogen (secondary N) is 2. The van der Waals surface area contributed by atoms with E-state index in [1.54, 1.807) is 30.3 Å². The molecule has 0 aliphatic carbocycles. The molecule has 5 nitrogen and oxygen atoms in total. The maximum atomic E-state index is 11.4. The van der Waals surface area contributed by atoms with E-state index >= 15 is 0 Å². The Morgan fingerprint density at radius 2 is 1.89 bits per heavy atom. The van der Waals surface area contributed by atoms with Crippen molar-refractivity contribution in [2.75, 3.05) is 13.1 Å². The van der Waals surface area contributed by atoms with Crippen LogP contribution >= 0.6 is 11.6 Å². The first kappa shape index (κ1) is 15.0. The first-order valence-electron chi connectivity index (χ1n) is 5.63. The molecule has 0 radical (unpaired) electrons. The van der Waals surface area contributed by atoms with Crippen molar-refractivity contribution in [3.8, 4) is 0 Å². The maximum Gasteiger partial charge on any atom is 0.315 e. The number of hydrogen-bond acceptors (Lipinski definition) is 2. The molecule has 1 rings (SSSR count). The number of carboxylic acid groups (broad SMARTS) is 1. The molecule has 0 aliphatic rings. The Hall–Kier alpha value is -2.01. The number of carbonyl (C=O) groups excluding carboxylic acids is 1. The molecule has 1 aromatic carbocycles. The molecule has 0 aliphatic heterocycles. The van der Waals surface area contributed by atoms with E-state index in [4.69, 9.17) is 16.7 Å². The number of hydrogen-bond donors (Lipinski definition) is 3. The normalized spacial score (nSPS) is 11.4. The highest BCUT2D eigenvalue weighted by Crippen LogP contribution is 2.14. The van der Waals surface area contributed by atoms with Crippen LogP contribution in [0.3, 0.4) is 0 Å². The van der Waals surface area contributed by atoms with Gasteiger partial charge < -0.3 is 15.7 Å². The fraction of sp³-hybridized carbons (Fsp3) is 0.231. The lowest BCUT2D eigenvalue weighted by Gasteiger charge is -2.14. The first-order valence-corrected chi connectivity index (χ1v) is 6.01. The smallest absolute Gasteiger partial charge is 0.315 e. The van der Waals surface area contributed by atoms with Gasteiger partial charge in [0.25, 0.3) is 0 Å². The minimum absolute atomic E-state index is 0.0000576. The zero-order valence-corrected chi connectivity index (χ0v) is 11.0. The van der Waals surface area contributed by atoms with Crippen molar-refractivity contribution in [1.29, 1.82) is 0 Å². The second kappa shape index (κ2) is 7.43. The van der Waals surface area contributed by atoms with Crippen molar-refractivity contribution >= 4 is 23.6 Å². The number of rotatable bonds is 6. The summed E-state index contributed by atoms with van der Waals surface area (Å²) < 4.78 is 0. The van der Waals surface area contributed by atoms with E-state index in [0.29, 0.717) is 10.6 Å².